The summed E-state index contributed by atoms with van der Waals surface area (Å²) in [5.74, 6) is -0.150. The lowest BCUT2D eigenvalue weighted by Gasteiger charge is -2.36. The van der Waals surface area contributed by atoms with E-state index in [-0.39, 0.29) is 17.2 Å². The third-order valence-electron chi connectivity index (χ3n) is 5.75. The van der Waals surface area contributed by atoms with Crippen LogP contribution in [0, 0.1) is 0 Å². The van der Waals surface area contributed by atoms with E-state index in [4.69, 9.17) is 4.74 Å². The van der Waals surface area contributed by atoms with E-state index in [1.165, 1.54) is 10.6 Å². The van der Waals surface area contributed by atoms with Gasteiger partial charge in [0.1, 0.15) is 17.0 Å². The molecule has 1 saturated heterocycles. The van der Waals surface area contributed by atoms with Gasteiger partial charge in [0.25, 0.3) is 11.5 Å². The number of carbonyl (C=O) groups excluding carboxylic acids is 2. The molecule has 3 heterocycles. The molecule has 2 aromatic heterocycles. The molecule has 188 valence electrons. The molecule has 0 unspecified atom stereocenters. The minimum Gasteiger partial charge on any atom is -0.444 e. The Morgan fingerprint density at radius 3 is 2.33 bits per heavy atom. The van der Waals surface area contributed by atoms with Crippen LogP contribution in [0.2, 0.25) is 0 Å². The van der Waals surface area contributed by atoms with Crippen molar-refractivity contribution in [3.8, 4) is 0 Å². The molecular weight excluding hydrogens is 458 g/mol. The fraction of sp³-hybridized carbons (Fsp3) is 0.333. The van der Waals surface area contributed by atoms with Crippen molar-refractivity contribution in [1.82, 2.24) is 14.5 Å². The summed E-state index contributed by atoms with van der Waals surface area (Å²) in [5.41, 5.74) is 1.03. The number of nitrogens with zero attached hydrogens (tertiary/aromatic N) is 4. The second-order valence-electron chi connectivity index (χ2n) is 9.65. The number of nitrogens with one attached hydrogen (secondary N) is 1. The van der Waals surface area contributed by atoms with Gasteiger partial charge in [0.05, 0.1) is 18.4 Å². The smallest absolute Gasteiger partial charge is 0.410 e. The lowest BCUT2D eigenvalue weighted by atomic mass is 10.2. The lowest BCUT2D eigenvalue weighted by molar-refractivity contribution is 0.0240. The van der Waals surface area contributed by atoms with Crippen molar-refractivity contribution in [2.45, 2.75) is 32.9 Å². The van der Waals surface area contributed by atoms with Crippen molar-refractivity contribution in [3.05, 3.63) is 88.5 Å². The van der Waals surface area contributed by atoms with Crippen LogP contribution in [0.1, 0.15) is 36.7 Å². The number of benzene rings is 1. The van der Waals surface area contributed by atoms with Crippen molar-refractivity contribution in [3.63, 3.8) is 0 Å². The molecule has 4 rings (SSSR count). The average molecular weight is 490 g/mol. The predicted octanol–water partition coefficient (Wildman–Crippen LogP) is 3.60. The Morgan fingerprint density at radius 1 is 0.972 bits per heavy atom. The van der Waals surface area contributed by atoms with E-state index in [2.05, 4.69) is 15.2 Å². The van der Waals surface area contributed by atoms with Gasteiger partial charge in [0, 0.05) is 32.4 Å². The van der Waals surface area contributed by atoms with Crippen LogP contribution in [0.15, 0.2) is 71.8 Å². The molecule has 2 amide bonds. The summed E-state index contributed by atoms with van der Waals surface area (Å²) in [4.78, 5) is 46.1. The first kappa shape index (κ1) is 25.0. The van der Waals surface area contributed by atoms with E-state index in [9.17, 15) is 14.4 Å². The minimum atomic E-state index is -0.521. The van der Waals surface area contributed by atoms with E-state index in [1.54, 1.807) is 29.4 Å². The molecular formula is C27H31N5O4. The summed E-state index contributed by atoms with van der Waals surface area (Å²) in [6.07, 6.45) is 3.04. The van der Waals surface area contributed by atoms with E-state index >= 15 is 0 Å². The average Bonchev–Trinajstić information content (AvgIpc) is 2.85. The minimum absolute atomic E-state index is 0.0533. The number of hydrogen-bond acceptors (Lipinski definition) is 6. The highest BCUT2D eigenvalue weighted by Crippen LogP contribution is 2.19. The van der Waals surface area contributed by atoms with Gasteiger partial charge in [-0.25, -0.2) is 9.78 Å². The van der Waals surface area contributed by atoms with Crippen molar-refractivity contribution < 1.29 is 14.3 Å². The third kappa shape index (κ3) is 6.29. The van der Waals surface area contributed by atoms with Crippen molar-refractivity contribution >= 4 is 23.5 Å². The maximum absolute atomic E-state index is 12.9. The van der Waals surface area contributed by atoms with Gasteiger partial charge in [-0.2, -0.15) is 0 Å². The summed E-state index contributed by atoms with van der Waals surface area (Å²) >= 11 is 0. The number of aromatic nitrogens is 2. The Bertz CT molecular complexity index is 1260. The maximum Gasteiger partial charge on any atom is 0.410 e. The van der Waals surface area contributed by atoms with Crippen LogP contribution in [0.25, 0.3) is 0 Å². The third-order valence-corrected chi connectivity index (χ3v) is 5.75. The molecule has 0 atom stereocenters. The van der Waals surface area contributed by atoms with E-state index < -0.39 is 11.5 Å². The first-order valence-corrected chi connectivity index (χ1v) is 11.9. The molecule has 0 bridgehead atoms. The van der Waals surface area contributed by atoms with Crippen LogP contribution in [0.3, 0.4) is 0 Å². The number of rotatable bonds is 5. The van der Waals surface area contributed by atoms with Crippen LogP contribution >= 0.6 is 0 Å². The highest BCUT2D eigenvalue weighted by atomic mass is 16.6. The molecule has 3 aromatic rings. The molecule has 36 heavy (non-hydrogen) atoms. The standard InChI is InChI=1S/C27H31N5O4/c1-27(2,3)36-26(35)31-16-14-30(15-17-31)21-11-12-23(28-18-21)29-24(33)22-10-7-13-32(25(22)34)19-20-8-5-4-6-9-20/h4-13,18H,14-17,19H2,1-3H3,(H,28,29,33). The number of ether oxygens (including phenoxy) is 1. The largest absolute Gasteiger partial charge is 0.444 e. The number of pyridine rings is 2. The summed E-state index contributed by atoms with van der Waals surface area (Å²) in [7, 11) is 0. The Kier molecular flexibility index (Phi) is 7.38. The van der Waals surface area contributed by atoms with Gasteiger partial charge in [0.15, 0.2) is 0 Å². The Labute approximate surface area is 210 Å². The topological polar surface area (TPSA) is 96.8 Å². The van der Waals surface area contributed by atoms with E-state index in [0.717, 1.165) is 11.3 Å². The molecule has 9 nitrogen and oxygen atoms in total. The van der Waals surface area contributed by atoms with Crippen molar-refractivity contribution in [2.75, 3.05) is 36.4 Å². The molecule has 1 aliphatic rings. The normalized spacial score (nSPS) is 13.9. The molecule has 0 spiro atoms. The molecule has 1 aliphatic heterocycles. The van der Waals surface area contributed by atoms with Crippen LogP contribution in [0.5, 0.6) is 0 Å². The number of hydrogen-bond donors (Lipinski definition) is 1. The van der Waals surface area contributed by atoms with Gasteiger partial charge in [-0.1, -0.05) is 30.3 Å². The van der Waals surface area contributed by atoms with Gasteiger partial charge in [-0.05, 0) is 50.6 Å². The first-order chi connectivity index (χ1) is 17.2. The molecule has 0 radical (unpaired) electrons. The van der Waals surface area contributed by atoms with Crippen LogP contribution < -0.4 is 15.8 Å². The predicted molar refractivity (Wildman–Crippen MR) is 138 cm³/mol. The van der Waals surface area contributed by atoms with Gasteiger partial charge in [0.2, 0.25) is 0 Å². The summed E-state index contributed by atoms with van der Waals surface area (Å²) in [6, 6.07) is 16.4. The van der Waals surface area contributed by atoms with Gasteiger partial charge in [-0.15, -0.1) is 0 Å². The van der Waals surface area contributed by atoms with Crippen LogP contribution in [-0.4, -0.2) is 58.2 Å². The monoisotopic (exact) mass is 489 g/mol. The van der Waals surface area contributed by atoms with E-state index in [1.807, 2.05) is 57.2 Å². The molecule has 0 aliphatic carbocycles. The van der Waals surface area contributed by atoms with Gasteiger partial charge >= 0.3 is 6.09 Å². The number of anilines is 2. The molecule has 0 saturated carbocycles. The maximum atomic E-state index is 12.9. The van der Waals surface area contributed by atoms with E-state index in [0.29, 0.717) is 38.5 Å². The SMILES string of the molecule is CC(C)(C)OC(=O)N1CCN(c2ccc(NC(=O)c3cccn(Cc4ccccc4)c3=O)nc2)CC1. The number of amides is 2. The number of piperazine rings is 1. The van der Waals surface area contributed by atoms with Crippen LogP contribution in [0.4, 0.5) is 16.3 Å². The Hall–Kier alpha value is -4.14. The quantitative estimate of drug-likeness (QED) is 0.588. The molecule has 1 fully saturated rings. The summed E-state index contributed by atoms with van der Waals surface area (Å²) < 4.78 is 6.96. The Balaban J connectivity index is 1.35. The molecule has 9 heteroatoms. The highest BCUT2D eigenvalue weighted by molar-refractivity contribution is 6.03. The lowest BCUT2D eigenvalue weighted by Crippen LogP contribution is -2.50. The summed E-state index contributed by atoms with van der Waals surface area (Å²) in [5, 5.41) is 2.71. The highest BCUT2D eigenvalue weighted by Gasteiger charge is 2.26. The molecule has 1 aromatic carbocycles. The number of carbonyl (C=O) groups is 2. The fourth-order valence-electron chi connectivity index (χ4n) is 3.92. The summed E-state index contributed by atoms with van der Waals surface area (Å²) in [6.45, 7) is 8.35. The first-order valence-electron chi connectivity index (χ1n) is 11.9. The Morgan fingerprint density at radius 2 is 1.69 bits per heavy atom. The van der Waals surface area contributed by atoms with Gasteiger partial charge in [-0.3, -0.25) is 9.59 Å². The second kappa shape index (κ2) is 10.6. The van der Waals surface area contributed by atoms with Crippen molar-refractivity contribution in [2.24, 2.45) is 0 Å². The van der Waals surface area contributed by atoms with Crippen molar-refractivity contribution in [1.29, 1.82) is 0 Å². The zero-order valence-electron chi connectivity index (χ0n) is 20.8. The fourth-order valence-corrected chi connectivity index (χ4v) is 3.92. The van der Waals surface area contributed by atoms with Crippen LogP contribution in [-0.2, 0) is 11.3 Å². The second-order valence-corrected chi connectivity index (χ2v) is 9.65. The zero-order chi connectivity index (χ0) is 25.7. The molecule has 1 N–H and O–H groups in total. The zero-order valence-corrected chi connectivity index (χ0v) is 20.8. The van der Waals surface area contributed by atoms with Gasteiger partial charge < -0.3 is 24.4 Å².